The first-order valence-electron chi connectivity index (χ1n) is 2.94. The first-order chi connectivity index (χ1) is 5.15. The number of rotatable bonds is 1. The van der Waals surface area contributed by atoms with E-state index in [-0.39, 0.29) is 0 Å². The van der Waals surface area contributed by atoms with Gasteiger partial charge in [-0.15, -0.1) is 4.91 Å². The van der Waals surface area contributed by atoms with Crippen molar-refractivity contribution < 1.29 is 0 Å². The van der Waals surface area contributed by atoms with Crippen molar-refractivity contribution in [2.45, 2.75) is 6.92 Å². The predicted octanol–water partition coefficient (Wildman–Crippen LogP) is 3.92. The Kier molecular flexibility index (Phi) is 2.78. The van der Waals surface area contributed by atoms with Crippen molar-refractivity contribution in [1.29, 1.82) is 0 Å². The lowest BCUT2D eigenvalue weighted by Gasteiger charge is -1.99. The third-order valence-electron chi connectivity index (χ3n) is 1.25. The molecule has 0 heterocycles. The zero-order chi connectivity index (χ0) is 8.43. The maximum absolute atomic E-state index is 10.2. The van der Waals surface area contributed by atoms with E-state index in [1.165, 1.54) is 0 Å². The molecule has 0 atom stereocenters. The van der Waals surface area contributed by atoms with Crippen LogP contribution in [0.2, 0.25) is 0 Å². The Bertz CT molecular complexity index is 275. The van der Waals surface area contributed by atoms with Crippen LogP contribution in [0.25, 0.3) is 0 Å². The number of benzene rings is 1. The van der Waals surface area contributed by atoms with Gasteiger partial charge in [-0.3, -0.25) is 0 Å². The molecule has 1 rings (SSSR count). The molecule has 0 aliphatic rings. The standard InChI is InChI=1S/C7H5Br2NO/c1-4-2-5(8)7(10-11)6(9)3-4/h2-3H,1H3. The van der Waals surface area contributed by atoms with Crippen LogP contribution < -0.4 is 0 Å². The average molecular weight is 279 g/mol. The summed E-state index contributed by atoms with van der Waals surface area (Å²) in [6.45, 7) is 1.95. The number of hydrogen-bond donors (Lipinski definition) is 0. The maximum atomic E-state index is 10.2. The zero-order valence-electron chi connectivity index (χ0n) is 5.77. The van der Waals surface area contributed by atoms with Crippen molar-refractivity contribution in [1.82, 2.24) is 0 Å². The second-order valence-electron chi connectivity index (χ2n) is 2.17. The highest BCUT2D eigenvalue weighted by Gasteiger charge is 2.05. The molecule has 0 radical (unpaired) electrons. The van der Waals surface area contributed by atoms with Gasteiger partial charge < -0.3 is 0 Å². The van der Waals surface area contributed by atoms with Crippen LogP contribution in [0.15, 0.2) is 26.3 Å². The molecule has 2 nitrogen and oxygen atoms in total. The van der Waals surface area contributed by atoms with Crippen LogP contribution in [0.1, 0.15) is 5.56 Å². The molecule has 1 aromatic rings. The normalized spacial score (nSPS) is 9.73. The minimum atomic E-state index is 0.413. The van der Waals surface area contributed by atoms with Crippen molar-refractivity contribution >= 4 is 37.5 Å². The van der Waals surface area contributed by atoms with Gasteiger partial charge in [0.25, 0.3) is 0 Å². The third kappa shape index (κ3) is 1.87. The number of hydrogen-bond acceptors (Lipinski definition) is 2. The van der Waals surface area contributed by atoms with E-state index in [0.29, 0.717) is 5.69 Å². The van der Waals surface area contributed by atoms with Crippen LogP contribution in [0.3, 0.4) is 0 Å². The van der Waals surface area contributed by atoms with Crippen LogP contribution in [0, 0.1) is 11.8 Å². The smallest absolute Gasteiger partial charge is 0.136 e. The summed E-state index contributed by atoms with van der Waals surface area (Å²) >= 11 is 6.47. The molecule has 58 valence electrons. The summed E-state index contributed by atoms with van der Waals surface area (Å²) in [6.07, 6.45) is 0. The molecule has 0 aliphatic heterocycles. The van der Waals surface area contributed by atoms with Gasteiger partial charge >= 0.3 is 0 Å². The SMILES string of the molecule is Cc1cc(Br)c(N=O)c(Br)c1. The van der Waals surface area contributed by atoms with Gasteiger partial charge in [-0.05, 0) is 61.7 Å². The lowest BCUT2D eigenvalue weighted by molar-refractivity contribution is 1.37. The molecule has 0 bridgehead atoms. The van der Waals surface area contributed by atoms with Gasteiger partial charge in [0, 0.05) is 8.95 Å². The summed E-state index contributed by atoms with van der Waals surface area (Å²) in [5.74, 6) is 0. The third-order valence-corrected chi connectivity index (χ3v) is 2.46. The topological polar surface area (TPSA) is 29.4 Å². The average Bonchev–Trinajstić information content (AvgIpc) is 1.85. The number of halogens is 2. The van der Waals surface area contributed by atoms with Crippen LogP contribution in [0.4, 0.5) is 5.69 Å². The number of nitroso groups, excluding NO2 is 1. The monoisotopic (exact) mass is 277 g/mol. The lowest BCUT2D eigenvalue weighted by Crippen LogP contribution is -1.75. The summed E-state index contributed by atoms with van der Waals surface area (Å²) in [6, 6.07) is 3.70. The van der Waals surface area contributed by atoms with Crippen molar-refractivity contribution in [3.63, 3.8) is 0 Å². The Labute approximate surface area is 81.2 Å². The van der Waals surface area contributed by atoms with Crippen LogP contribution in [0.5, 0.6) is 0 Å². The maximum Gasteiger partial charge on any atom is 0.136 e. The van der Waals surface area contributed by atoms with Crippen molar-refractivity contribution in [3.8, 4) is 0 Å². The molecule has 0 fully saturated rings. The predicted molar refractivity (Wildman–Crippen MR) is 52.0 cm³/mol. The van der Waals surface area contributed by atoms with Crippen LogP contribution in [-0.4, -0.2) is 0 Å². The Hall–Kier alpha value is -0.220. The Morgan fingerprint density at radius 2 is 1.73 bits per heavy atom. The zero-order valence-corrected chi connectivity index (χ0v) is 8.94. The Balaban J connectivity index is 3.36. The highest BCUT2D eigenvalue weighted by atomic mass is 79.9. The van der Waals surface area contributed by atoms with E-state index in [2.05, 4.69) is 37.0 Å². The summed E-state index contributed by atoms with van der Waals surface area (Å²) in [5.41, 5.74) is 1.49. The van der Waals surface area contributed by atoms with E-state index in [1.54, 1.807) is 0 Å². The fourth-order valence-electron chi connectivity index (χ4n) is 0.779. The highest BCUT2D eigenvalue weighted by molar-refractivity contribution is 9.11. The van der Waals surface area contributed by atoms with Crippen molar-refractivity contribution in [2.24, 2.45) is 5.18 Å². The first-order valence-corrected chi connectivity index (χ1v) is 4.52. The van der Waals surface area contributed by atoms with Gasteiger partial charge in [0.05, 0.1) is 0 Å². The van der Waals surface area contributed by atoms with E-state index in [9.17, 15) is 4.91 Å². The molecule has 11 heavy (non-hydrogen) atoms. The highest BCUT2D eigenvalue weighted by Crippen LogP contribution is 2.34. The largest absolute Gasteiger partial charge is 0.145 e. The van der Waals surface area contributed by atoms with E-state index >= 15 is 0 Å². The van der Waals surface area contributed by atoms with Crippen LogP contribution in [-0.2, 0) is 0 Å². The molecule has 1 aromatic carbocycles. The molecule has 0 aromatic heterocycles. The fraction of sp³-hybridized carbons (Fsp3) is 0.143. The summed E-state index contributed by atoms with van der Waals surface area (Å²) < 4.78 is 1.44. The van der Waals surface area contributed by atoms with Gasteiger partial charge in [-0.2, -0.15) is 0 Å². The van der Waals surface area contributed by atoms with E-state index < -0.39 is 0 Å². The second kappa shape index (κ2) is 3.45. The molecule has 0 N–H and O–H groups in total. The molecule has 0 unspecified atom stereocenters. The molecule has 4 heteroatoms. The van der Waals surface area contributed by atoms with Gasteiger partial charge in [0.1, 0.15) is 5.69 Å². The molecule has 0 amide bonds. The molecule has 0 aliphatic carbocycles. The first kappa shape index (κ1) is 8.87. The molecule has 0 saturated heterocycles. The van der Waals surface area contributed by atoms with Crippen molar-refractivity contribution in [2.75, 3.05) is 0 Å². The molecule has 0 saturated carbocycles. The Morgan fingerprint density at radius 1 is 1.27 bits per heavy atom. The minimum absolute atomic E-state index is 0.413. The Morgan fingerprint density at radius 3 is 2.09 bits per heavy atom. The van der Waals surface area contributed by atoms with E-state index in [1.807, 2.05) is 19.1 Å². The lowest BCUT2D eigenvalue weighted by atomic mass is 10.2. The van der Waals surface area contributed by atoms with Crippen molar-refractivity contribution in [3.05, 3.63) is 31.5 Å². The fourth-order valence-corrected chi connectivity index (χ4v) is 2.34. The molecular formula is C7H5Br2NO. The second-order valence-corrected chi connectivity index (χ2v) is 3.88. The van der Waals surface area contributed by atoms with Gasteiger partial charge in [-0.1, -0.05) is 0 Å². The minimum Gasteiger partial charge on any atom is -0.145 e. The molecule has 0 spiro atoms. The summed E-state index contributed by atoms with van der Waals surface area (Å²) in [7, 11) is 0. The summed E-state index contributed by atoms with van der Waals surface area (Å²) in [5, 5.41) is 2.87. The van der Waals surface area contributed by atoms with Gasteiger partial charge in [0.2, 0.25) is 0 Å². The van der Waals surface area contributed by atoms with Gasteiger partial charge in [-0.25, -0.2) is 0 Å². The number of nitrogens with zero attached hydrogens (tertiary/aromatic N) is 1. The van der Waals surface area contributed by atoms with E-state index in [0.717, 1.165) is 14.5 Å². The van der Waals surface area contributed by atoms with Crippen LogP contribution >= 0.6 is 31.9 Å². The van der Waals surface area contributed by atoms with Gasteiger partial charge in [0.15, 0.2) is 0 Å². The van der Waals surface area contributed by atoms with E-state index in [4.69, 9.17) is 0 Å². The molecular weight excluding hydrogens is 274 g/mol. The quantitative estimate of drug-likeness (QED) is 0.716. The number of aryl methyl sites for hydroxylation is 1. The summed E-state index contributed by atoms with van der Waals surface area (Å²) in [4.78, 5) is 10.2.